The fourth-order valence-electron chi connectivity index (χ4n) is 2.31. The molecular formula is C13H17Cl3N2O. The van der Waals surface area contributed by atoms with Gasteiger partial charge in [-0.1, -0.05) is 29.3 Å². The molecule has 1 aromatic carbocycles. The second-order valence-electron chi connectivity index (χ2n) is 4.56. The number of halogens is 3. The molecule has 2 rings (SSSR count). The molecule has 0 aromatic heterocycles. The standard InChI is InChI=1S/C13H16Cl2N2O.ClH/c1-16-7-9-5-6-17(8-9)13(18)10-3-2-4-11(14)12(10)15;/h2-4,9,16H,5-8H2,1H3;1H. The summed E-state index contributed by atoms with van der Waals surface area (Å²) in [4.78, 5) is 14.2. The summed E-state index contributed by atoms with van der Waals surface area (Å²) >= 11 is 12.0. The van der Waals surface area contributed by atoms with Gasteiger partial charge in [0.25, 0.3) is 5.91 Å². The first-order chi connectivity index (χ1) is 8.63. The van der Waals surface area contributed by atoms with E-state index in [0.29, 0.717) is 21.5 Å². The van der Waals surface area contributed by atoms with E-state index in [1.165, 1.54) is 0 Å². The van der Waals surface area contributed by atoms with Crippen molar-refractivity contribution in [1.82, 2.24) is 10.2 Å². The summed E-state index contributed by atoms with van der Waals surface area (Å²) in [5, 5.41) is 3.92. The maximum Gasteiger partial charge on any atom is 0.255 e. The van der Waals surface area contributed by atoms with Crippen molar-refractivity contribution in [3.63, 3.8) is 0 Å². The van der Waals surface area contributed by atoms with Gasteiger partial charge in [0.2, 0.25) is 0 Å². The van der Waals surface area contributed by atoms with Gasteiger partial charge in [0.1, 0.15) is 0 Å². The third kappa shape index (κ3) is 3.76. The summed E-state index contributed by atoms with van der Waals surface area (Å²) in [5.74, 6) is 0.498. The monoisotopic (exact) mass is 322 g/mol. The highest BCUT2D eigenvalue weighted by Crippen LogP contribution is 2.28. The quantitative estimate of drug-likeness (QED) is 0.927. The number of carbonyl (C=O) groups is 1. The second-order valence-corrected chi connectivity index (χ2v) is 5.35. The van der Waals surface area contributed by atoms with Gasteiger partial charge < -0.3 is 10.2 Å². The first-order valence-electron chi connectivity index (χ1n) is 6.01. The normalized spacial score (nSPS) is 18.3. The highest BCUT2D eigenvalue weighted by atomic mass is 35.5. The maximum absolute atomic E-state index is 12.3. The number of likely N-dealkylation sites (tertiary alicyclic amines) is 1. The van der Waals surface area contributed by atoms with Crippen LogP contribution < -0.4 is 5.32 Å². The molecule has 0 bridgehead atoms. The van der Waals surface area contributed by atoms with E-state index in [1.807, 2.05) is 11.9 Å². The van der Waals surface area contributed by atoms with Gasteiger partial charge in [-0.3, -0.25) is 4.79 Å². The van der Waals surface area contributed by atoms with Crippen molar-refractivity contribution < 1.29 is 4.79 Å². The Bertz CT molecular complexity index is 454. The highest BCUT2D eigenvalue weighted by Gasteiger charge is 2.27. The van der Waals surface area contributed by atoms with Crippen molar-refractivity contribution in [2.45, 2.75) is 6.42 Å². The fraction of sp³-hybridized carbons (Fsp3) is 0.462. The van der Waals surface area contributed by atoms with E-state index >= 15 is 0 Å². The highest BCUT2D eigenvalue weighted by molar-refractivity contribution is 6.43. The first kappa shape index (κ1) is 16.6. The fourth-order valence-corrected chi connectivity index (χ4v) is 2.69. The molecular weight excluding hydrogens is 307 g/mol. The van der Waals surface area contributed by atoms with Gasteiger partial charge >= 0.3 is 0 Å². The lowest BCUT2D eigenvalue weighted by atomic mass is 10.1. The van der Waals surface area contributed by atoms with Crippen molar-refractivity contribution in [3.8, 4) is 0 Å². The molecule has 1 aromatic rings. The summed E-state index contributed by atoms with van der Waals surface area (Å²) in [5.41, 5.74) is 0.495. The van der Waals surface area contributed by atoms with Gasteiger partial charge in [-0.25, -0.2) is 0 Å². The third-order valence-electron chi connectivity index (χ3n) is 3.25. The molecule has 1 atom stereocenters. The molecule has 1 saturated heterocycles. The van der Waals surface area contributed by atoms with Crippen LogP contribution in [0.15, 0.2) is 18.2 Å². The molecule has 0 saturated carbocycles. The number of amides is 1. The Morgan fingerprint density at radius 1 is 1.47 bits per heavy atom. The lowest BCUT2D eigenvalue weighted by Gasteiger charge is -2.17. The third-order valence-corrected chi connectivity index (χ3v) is 4.07. The van der Waals surface area contributed by atoms with Gasteiger partial charge in [0.15, 0.2) is 0 Å². The van der Waals surface area contributed by atoms with E-state index in [4.69, 9.17) is 23.2 Å². The minimum absolute atomic E-state index is 0. The Hall–Kier alpha value is -0.480. The number of rotatable bonds is 3. The molecule has 106 valence electrons. The van der Waals surface area contributed by atoms with Gasteiger partial charge in [-0.15, -0.1) is 12.4 Å². The van der Waals surface area contributed by atoms with Crippen LogP contribution in [0.2, 0.25) is 10.0 Å². The zero-order chi connectivity index (χ0) is 13.1. The maximum atomic E-state index is 12.3. The number of nitrogens with zero attached hydrogens (tertiary/aromatic N) is 1. The van der Waals surface area contributed by atoms with Crippen LogP contribution in [0.25, 0.3) is 0 Å². The predicted octanol–water partition coefficient (Wildman–Crippen LogP) is 3.10. The molecule has 1 aliphatic heterocycles. The van der Waals surface area contributed by atoms with Gasteiger partial charge in [0.05, 0.1) is 15.6 Å². The number of nitrogens with one attached hydrogen (secondary N) is 1. The van der Waals surface area contributed by atoms with Crippen LogP contribution in [-0.2, 0) is 0 Å². The van der Waals surface area contributed by atoms with E-state index in [2.05, 4.69) is 5.32 Å². The summed E-state index contributed by atoms with van der Waals surface area (Å²) < 4.78 is 0. The Balaban J connectivity index is 0.00000180. The Morgan fingerprint density at radius 2 is 2.21 bits per heavy atom. The zero-order valence-corrected chi connectivity index (χ0v) is 13.0. The van der Waals surface area contributed by atoms with E-state index in [9.17, 15) is 4.79 Å². The van der Waals surface area contributed by atoms with Crippen molar-refractivity contribution in [2.75, 3.05) is 26.7 Å². The van der Waals surface area contributed by atoms with Crippen LogP contribution in [0.5, 0.6) is 0 Å². The van der Waals surface area contributed by atoms with E-state index < -0.39 is 0 Å². The average molecular weight is 324 g/mol. The summed E-state index contributed by atoms with van der Waals surface area (Å²) in [7, 11) is 1.93. The lowest BCUT2D eigenvalue weighted by molar-refractivity contribution is 0.0787. The molecule has 1 amide bonds. The van der Waals surface area contributed by atoms with Crippen LogP contribution in [0, 0.1) is 5.92 Å². The summed E-state index contributed by atoms with van der Waals surface area (Å²) in [6.07, 6.45) is 1.03. The smallest absolute Gasteiger partial charge is 0.255 e. The molecule has 1 N–H and O–H groups in total. The Labute approximate surface area is 129 Å². The molecule has 0 spiro atoms. The van der Waals surface area contributed by atoms with Gasteiger partial charge in [-0.05, 0) is 38.1 Å². The molecule has 19 heavy (non-hydrogen) atoms. The SMILES string of the molecule is CNCC1CCN(C(=O)c2cccc(Cl)c2Cl)C1.Cl. The van der Waals surface area contributed by atoms with Crippen LogP contribution in [0.1, 0.15) is 16.8 Å². The minimum atomic E-state index is -0.0268. The molecule has 0 aliphatic carbocycles. The first-order valence-corrected chi connectivity index (χ1v) is 6.77. The number of hydrogen-bond donors (Lipinski definition) is 1. The molecule has 1 aliphatic rings. The van der Waals surface area contributed by atoms with Crippen LogP contribution in [0.3, 0.4) is 0 Å². The van der Waals surface area contributed by atoms with Crippen LogP contribution in [-0.4, -0.2) is 37.5 Å². The summed E-state index contributed by atoms with van der Waals surface area (Å²) in [6.45, 7) is 2.50. The second kappa shape index (κ2) is 7.34. The Kier molecular flexibility index (Phi) is 6.40. The average Bonchev–Trinajstić information content (AvgIpc) is 2.81. The van der Waals surface area contributed by atoms with Gasteiger partial charge in [0, 0.05) is 13.1 Å². The van der Waals surface area contributed by atoms with Crippen molar-refractivity contribution in [1.29, 1.82) is 0 Å². The minimum Gasteiger partial charge on any atom is -0.338 e. The van der Waals surface area contributed by atoms with Crippen molar-refractivity contribution in [3.05, 3.63) is 33.8 Å². The number of carbonyl (C=O) groups excluding carboxylic acids is 1. The van der Waals surface area contributed by atoms with E-state index in [1.54, 1.807) is 18.2 Å². The van der Waals surface area contributed by atoms with E-state index in [0.717, 1.165) is 26.1 Å². The zero-order valence-electron chi connectivity index (χ0n) is 10.7. The predicted molar refractivity (Wildman–Crippen MR) is 81.6 cm³/mol. The molecule has 1 heterocycles. The molecule has 6 heteroatoms. The van der Waals surface area contributed by atoms with E-state index in [-0.39, 0.29) is 18.3 Å². The molecule has 0 radical (unpaired) electrons. The largest absolute Gasteiger partial charge is 0.338 e. The lowest BCUT2D eigenvalue weighted by Crippen LogP contribution is -2.30. The molecule has 1 unspecified atom stereocenters. The molecule has 3 nitrogen and oxygen atoms in total. The Morgan fingerprint density at radius 3 is 2.89 bits per heavy atom. The molecule has 1 fully saturated rings. The van der Waals surface area contributed by atoms with Crippen molar-refractivity contribution in [2.24, 2.45) is 5.92 Å². The van der Waals surface area contributed by atoms with Crippen molar-refractivity contribution >= 4 is 41.5 Å². The van der Waals surface area contributed by atoms with Gasteiger partial charge in [-0.2, -0.15) is 0 Å². The number of benzene rings is 1. The summed E-state index contributed by atoms with van der Waals surface area (Å²) in [6, 6.07) is 5.17. The topological polar surface area (TPSA) is 32.3 Å². The van der Waals surface area contributed by atoms with Crippen LogP contribution >= 0.6 is 35.6 Å². The van der Waals surface area contributed by atoms with Crippen LogP contribution in [0.4, 0.5) is 0 Å². The number of hydrogen-bond acceptors (Lipinski definition) is 2.